The zero-order valence-corrected chi connectivity index (χ0v) is 11.7. The molecular formula is C17H25N. The first-order valence-electron chi connectivity index (χ1n) is 7.16. The van der Waals surface area contributed by atoms with Crippen LogP contribution in [0.25, 0.3) is 0 Å². The Bertz CT molecular complexity index is 358. The van der Waals surface area contributed by atoms with E-state index in [9.17, 15) is 0 Å². The molecule has 0 saturated carbocycles. The van der Waals surface area contributed by atoms with E-state index in [1.54, 1.807) is 0 Å². The molecule has 0 aliphatic heterocycles. The van der Waals surface area contributed by atoms with Gasteiger partial charge in [-0.25, -0.2) is 0 Å². The smallest absolute Gasteiger partial charge is 0.0876 e. The lowest BCUT2D eigenvalue weighted by Gasteiger charge is -2.14. The highest BCUT2D eigenvalue weighted by atomic mass is 14.9. The van der Waals surface area contributed by atoms with Gasteiger partial charge in [-0.2, -0.15) is 0 Å². The van der Waals surface area contributed by atoms with Gasteiger partial charge in [0.05, 0.1) is 6.04 Å². The average molecular weight is 243 g/mol. The molecule has 18 heavy (non-hydrogen) atoms. The number of anilines is 1. The second-order valence-electron chi connectivity index (χ2n) is 4.63. The molecule has 98 valence electrons. The molecule has 1 N–H and O–H groups in total. The van der Waals surface area contributed by atoms with Crippen molar-refractivity contribution >= 4 is 5.69 Å². The fourth-order valence-electron chi connectivity index (χ4n) is 1.78. The number of para-hydroxylation sites is 1. The number of hydrogen-bond donors (Lipinski definition) is 1. The summed E-state index contributed by atoms with van der Waals surface area (Å²) >= 11 is 0. The lowest BCUT2D eigenvalue weighted by atomic mass is 10.1. The van der Waals surface area contributed by atoms with Crippen molar-refractivity contribution in [3.63, 3.8) is 0 Å². The summed E-state index contributed by atoms with van der Waals surface area (Å²) in [5, 5.41) is 3.52. The number of nitrogens with one attached hydrogen (secondary N) is 1. The van der Waals surface area contributed by atoms with Crippen LogP contribution >= 0.6 is 0 Å². The third-order valence-electron chi connectivity index (χ3n) is 2.89. The Morgan fingerprint density at radius 1 is 1.06 bits per heavy atom. The zero-order chi connectivity index (χ0) is 13.1. The topological polar surface area (TPSA) is 12.0 Å². The van der Waals surface area contributed by atoms with Crippen LogP contribution in [0.15, 0.2) is 30.3 Å². The molecule has 0 aliphatic carbocycles. The fourth-order valence-corrected chi connectivity index (χ4v) is 1.78. The van der Waals surface area contributed by atoms with E-state index in [4.69, 9.17) is 0 Å². The van der Waals surface area contributed by atoms with Gasteiger partial charge >= 0.3 is 0 Å². The Labute approximate surface area is 112 Å². The highest BCUT2D eigenvalue weighted by molar-refractivity contribution is 5.45. The third-order valence-corrected chi connectivity index (χ3v) is 2.89. The third kappa shape index (κ3) is 6.35. The molecule has 1 aromatic carbocycles. The van der Waals surface area contributed by atoms with Crippen LogP contribution in [-0.2, 0) is 0 Å². The summed E-state index contributed by atoms with van der Waals surface area (Å²) < 4.78 is 0. The van der Waals surface area contributed by atoms with Gasteiger partial charge < -0.3 is 5.32 Å². The largest absolute Gasteiger partial charge is 0.372 e. The maximum atomic E-state index is 3.52. The van der Waals surface area contributed by atoms with Gasteiger partial charge in [-0.1, -0.05) is 57.2 Å². The van der Waals surface area contributed by atoms with Crippen molar-refractivity contribution < 1.29 is 0 Å². The van der Waals surface area contributed by atoms with Gasteiger partial charge in [-0.15, -0.1) is 5.92 Å². The van der Waals surface area contributed by atoms with Crippen LogP contribution in [0.3, 0.4) is 0 Å². The number of unbranched alkanes of at least 4 members (excludes halogenated alkanes) is 3. The maximum absolute atomic E-state index is 3.52. The van der Waals surface area contributed by atoms with Crippen LogP contribution < -0.4 is 5.32 Å². The van der Waals surface area contributed by atoms with Crippen molar-refractivity contribution in [3.05, 3.63) is 30.3 Å². The molecule has 0 saturated heterocycles. The maximum Gasteiger partial charge on any atom is 0.0876 e. The van der Waals surface area contributed by atoms with Crippen molar-refractivity contribution in [2.75, 3.05) is 5.32 Å². The van der Waals surface area contributed by atoms with E-state index in [1.165, 1.54) is 31.4 Å². The van der Waals surface area contributed by atoms with Gasteiger partial charge in [0.2, 0.25) is 0 Å². The predicted molar refractivity (Wildman–Crippen MR) is 80.7 cm³/mol. The summed E-state index contributed by atoms with van der Waals surface area (Å²) in [4.78, 5) is 0. The molecule has 0 radical (unpaired) electrons. The van der Waals surface area contributed by atoms with E-state index in [-0.39, 0.29) is 0 Å². The summed E-state index contributed by atoms with van der Waals surface area (Å²) in [6.07, 6.45) is 7.04. The Hall–Kier alpha value is -1.42. The fraction of sp³-hybridized carbons (Fsp3) is 0.529. The van der Waals surface area contributed by atoms with Gasteiger partial charge in [0, 0.05) is 12.1 Å². The van der Waals surface area contributed by atoms with Crippen molar-refractivity contribution in [1.82, 2.24) is 0 Å². The van der Waals surface area contributed by atoms with Crippen LogP contribution in [0, 0.1) is 11.8 Å². The van der Waals surface area contributed by atoms with E-state index in [0.717, 1.165) is 12.8 Å². The van der Waals surface area contributed by atoms with Gasteiger partial charge in [-0.05, 0) is 25.0 Å². The highest BCUT2D eigenvalue weighted by Gasteiger charge is 2.03. The van der Waals surface area contributed by atoms with Crippen LogP contribution in [0.2, 0.25) is 0 Å². The summed E-state index contributed by atoms with van der Waals surface area (Å²) in [5.74, 6) is 6.68. The molecule has 1 heteroatoms. The van der Waals surface area contributed by atoms with Crippen LogP contribution in [-0.4, -0.2) is 6.04 Å². The number of hydrogen-bond acceptors (Lipinski definition) is 1. The van der Waals surface area contributed by atoms with E-state index in [0.29, 0.717) is 6.04 Å². The Balaban J connectivity index is 2.51. The summed E-state index contributed by atoms with van der Waals surface area (Å²) in [6, 6.07) is 10.7. The lowest BCUT2D eigenvalue weighted by Crippen LogP contribution is -2.17. The van der Waals surface area contributed by atoms with Crippen molar-refractivity contribution in [2.45, 2.75) is 58.4 Å². The number of benzene rings is 1. The van der Waals surface area contributed by atoms with Crippen LogP contribution in [0.4, 0.5) is 5.69 Å². The van der Waals surface area contributed by atoms with E-state index >= 15 is 0 Å². The molecule has 1 atom stereocenters. The molecule has 1 nitrogen and oxygen atoms in total. The minimum atomic E-state index is 0.296. The Kier molecular flexibility index (Phi) is 7.80. The quantitative estimate of drug-likeness (QED) is 0.533. The highest BCUT2D eigenvalue weighted by Crippen LogP contribution is 2.10. The molecule has 0 spiro atoms. The average Bonchev–Trinajstić information content (AvgIpc) is 2.41. The van der Waals surface area contributed by atoms with Crippen molar-refractivity contribution in [3.8, 4) is 11.8 Å². The van der Waals surface area contributed by atoms with Crippen LogP contribution in [0.1, 0.15) is 52.4 Å². The first-order valence-corrected chi connectivity index (χ1v) is 7.16. The molecule has 0 amide bonds. The molecule has 0 aromatic heterocycles. The van der Waals surface area contributed by atoms with Crippen molar-refractivity contribution in [2.24, 2.45) is 0 Å². The minimum absolute atomic E-state index is 0.296. The zero-order valence-electron chi connectivity index (χ0n) is 11.7. The van der Waals surface area contributed by atoms with Crippen LogP contribution in [0.5, 0.6) is 0 Å². The molecule has 0 bridgehead atoms. The molecule has 1 unspecified atom stereocenters. The standard InChI is InChI=1S/C17H25N/c1-3-5-7-9-13-16(12-6-4-2)18-17-14-10-8-11-15-17/h8,10-11,14-16,18H,3-7,12H2,1-2H3. The minimum Gasteiger partial charge on any atom is -0.372 e. The summed E-state index contributed by atoms with van der Waals surface area (Å²) in [7, 11) is 0. The van der Waals surface area contributed by atoms with E-state index in [1.807, 2.05) is 6.07 Å². The monoisotopic (exact) mass is 243 g/mol. The molecule has 0 fully saturated rings. The Morgan fingerprint density at radius 2 is 1.78 bits per heavy atom. The van der Waals surface area contributed by atoms with E-state index < -0.39 is 0 Å². The van der Waals surface area contributed by atoms with Crippen molar-refractivity contribution in [1.29, 1.82) is 0 Å². The normalized spacial score (nSPS) is 11.4. The second-order valence-corrected chi connectivity index (χ2v) is 4.63. The summed E-state index contributed by atoms with van der Waals surface area (Å²) in [6.45, 7) is 4.43. The first-order chi connectivity index (χ1) is 8.86. The molecule has 1 rings (SSSR count). The Morgan fingerprint density at radius 3 is 2.44 bits per heavy atom. The number of rotatable bonds is 7. The molecule has 0 heterocycles. The SMILES string of the molecule is CCCCC#CC(CCCC)Nc1ccccc1. The van der Waals surface area contributed by atoms with Gasteiger partial charge in [0.15, 0.2) is 0 Å². The van der Waals surface area contributed by atoms with Gasteiger partial charge in [0.1, 0.15) is 0 Å². The lowest BCUT2D eigenvalue weighted by molar-refractivity contribution is 0.691. The van der Waals surface area contributed by atoms with Gasteiger partial charge in [-0.3, -0.25) is 0 Å². The second kappa shape index (κ2) is 9.59. The molecular weight excluding hydrogens is 218 g/mol. The molecule has 1 aromatic rings. The predicted octanol–water partition coefficient (Wildman–Crippen LogP) is 4.85. The first kappa shape index (κ1) is 14.6. The summed E-state index contributed by atoms with van der Waals surface area (Å²) in [5.41, 5.74) is 1.17. The molecule has 0 aliphatic rings. The van der Waals surface area contributed by atoms with E-state index in [2.05, 4.69) is 55.3 Å². The van der Waals surface area contributed by atoms with Gasteiger partial charge in [0.25, 0.3) is 0 Å².